The summed E-state index contributed by atoms with van der Waals surface area (Å²) < 4.78 is 8.82. The van der Waals surface area contributed by atoms with Crippen LogP contribution in [0.1, 0.15) is 47.2 Å². The van der Waals surface area contributed by atoms with Crippen LogP contribution in [-0.4, -0.2) is 4.57 Å². The molecule has 0 bridgehead atoms. The first kappa shape index (κ1) is 25.6. The largest absolute Gasteiger partial charge is 0.456 e. The zero-order valence-electron chi connectivity index (χ0n) is 26.4. The average Bonchev–Trinajstić information content (AvgIpc) is 3.72. The van der Waals surface area contributed by atoms with Crippen LogP contribution in [-0.2, 0) is 18.3 Å². The summed E-state index contributed by atoms with van der Waals surface area (Å²) in [6.07, 6.45) is 1.96. The van der Waals surface area contributed by atoms with Gasteiger partial charge < -0.3 is 8.98 Å². The van der Waals surface area contributed by atoms with Gasteiger partial charge in [-0.3, -0.25) is 0 Å². The zero-order valence-corrected chi connectivity index (χ0v) is 26.4. The molecule has 0 fully saturated rings. The van der Waals surface area contributed by atoms with Crippen LogP contribution in [0.3, 0.4) is 0 Å². The van der Waals surface area contributed by atoms with Gasteiger partial charge in [0, 0.05) is 32.6 Å². The first-order valence-electron chi connectivity index (χ1n) is 16.7. The van der Waals surface area contributed by atoms with E-state index >= 15 is 0 Å². The summed E-state index contributed by atoms with van der Waals surface area (Å²) in [6.45, 7) is 4.85. The molecule has 222 valence electrons. The fourth-order valence-corrected chi connectivity index (χ4v) is 9.14. The first-order valence-corrected chi connectivity index (χ1v) is 16.7. The molecular formula is C45H31NO. The average molecular weight is 602 g/mol. The quantitative estimate of drug-likeness (QED) is 0.183. The molecule has 2 heteroatoms. The third-order valence-corrected chi connectivity index (χ3v) is 11.2. The normalized spacial score (nSPS) is 14.6. The lowest BCUT2D eigenvalue weighted by Gasteiger charge is -2.25. The van der Waals surface area contributed by atoms with Crippen LogP contribution in [0.25, 0.3) is 71.3 Å². The molecule has 0 spiro atoms. The van der Waals surface area contributed by atoms with E-state index in [-0.39, 0.29) is 5.41 Å². The Bertz CT molecular complexity index is 2820. The van der Waals surface area contributed by atoms with Crippen molar-refractivity contribution in [3.8, 4) is 16.8 Å². The third-order valence-electron chi connectivity index (χ3n) is 11.2. The van der Waals surface area contributed by atoms with Crippen molar-refractivity contribution >= 4 is 54.5 Å². The van der Waals surface area contributed by atoms with E-state index in [4.69, 9.17) is 4.42 Å². The Labute approximate surface area is 272 Å². The second-order valence-electron chi connectivity index (χ2n) is 14.1. The third kappa shape index (κ3) is 3.25. The standard InChI is InChI=1S/C45H31NO/c1-45(2)37-16-8-5-14-32(37)41-35-23-28-21-26-11-3-4-12-27(26)22-29(28)24-36(35)42-33-15-6-9-17-38(33)46(44(42)43(41)45)30-19-20-40-34(25-30)31-13-7-10-18-39(31)47-40/h3-20,23-25H,21-22H2,1-2H3. The Morgan fingerprint density at radius 2 is 1.21 bits per heavy atom. The van der Waals surface area contributed by atoms with Gasteiger partial charge in [-0.2, -0.15) is 0 Å². The second kappa shape index (κ2) is 8.80. The molecule has 47 heavy (non-hydrogen) atoms. The molecule has 0 radical (unpaired) electrons. The summed E-state index contributed by atoms with van der Waals surface area (Å²) in [6, 6.07) is 47.3. The second-order valence-corrected chi connectivity index (χ2v) is 14.1. The summed E-state index contributed by atoms with van der Waals surface area (Å²) in [4.78, 5) is 0. The van der Waals surface area contributed by atoms with E-state index in [2.05, 4.69) is 140 Å². The lowest BCUT2D eigenvalue weighted by molar-refractivity contribution is 0.664. The number of rotatable bonds is 1. The lowest BCUT2D eigenvalue weighted by Crippen LogP contribution is -2.16. The molecule has 2 heterocycles. The molecule has 0 amide bonds. The van der Waals surface area contributed by atoms with Gasteiger partial charge in [0.2, 0.25) is 0 Å². The molecule has 0 N–H and O–H groups in total. The van der Waals surface area contributed by atoms with Crippen LogP contribution in [0.15, 0.2) is 132 Å². The van der Waals surface area contributed by atoms with E-state index in [1.165, 1.54) is 77.1 Å². The van der Waals surface area contributed by atoms with Crippen molar-refractivity contribution in [3.63, 3.8) is 0 Å². The van der Waals surface area contributed by atoms with Gasteiger partial charge in [0.05, 0.1) is 11.0 Å². The Morgan fingerprint density at radius 1 is 0.553 bits per heavy atom. The smallest absolute Gasteiger partial charge is 0.135 e. The van der Waals surface area contributed by atoms with Crippen molar-refractivity contribution in [2.45, 2.75) is 32.1 Å². The summed E-state index contributed by atoms with van der Waals surface area (Å²) >= 11 is 0. The highest BCUT2D eigenvalue weighted by atomic mass is 16.3. The van der Waals surface area contributed by atoms with Gasteiger partial charge >= 0.3 is 0 Å². The molecule has 11 rings (SSSR count). The van der Waals surface area contributed by atoms with Crippen LogP contribution >= 0.6 is 0 Å². The Balaban J connectivity index is 1.34. The molecule has 0 saturated heterocycles. The first-order chi connectivity index (χ1) is 23.1. The summed E-state index contributed by atoms with van der Waals surface area (Å²) in [7, 11) is 0. The number of aromatic nitrogens is 1. The van der Waals surface area contributed by atoms with Crippen molar-refractivity contribution in [2.24, 2.45) is 0 Å². The highest BCUT2D eigenvalue weighted by Gasteiger charge is 2.40. The molecule has 0 unspecified atom stereocenters. The predicted molar refractivity (Wildman–Crippen MR) is 195 cm³/mol. The van der Waals surface area contributed by atoms with Crippen molar-refractivity contribution in [1.82, 2.24) is 4.57 Å². The molecule has 0 aliphatic heterocycles. The highest BCUT2D eigenvalue weighted by Crippen LogP contribution is 2.56. The number of hydrogen-bond acceptors (Lipinski definition) is 1. The van der Waals surface area contributed by atoms with Gasteiger partial charge in [0.15, 0.2) is 0 Å². The predicted octanol–water partition coefficient (Wildman–Crippen LogP) is 11.6. The zero-order chi connectivity index (χ0) is 31.0. The molecule has 0 atom stereocenters. The number of nitrogens with zero attached hydrogens (tertiary/aromatic N) is 1. The summed E-state index contributed by atoms with van der Waals surface area (Å²) in [5.74, 6) is 0. The van der Waals surface area contributed by atoms with Crippen molar-refractivity contribution in [1.29, 1.82) is 0 Å². The Kier molecular flexibility index (Phi) is 4.79. The van der Waals surface area contributed by atoms with E-state index in [0.717, 1.165) is 40.5 Å². The van der Waals surface area contributed by atoms with Gasteiger partial charge in [0.1, 0.15) is 11.2 Å². The van der Waals surface area contributed by atoms with Crippen LogP contribution in [0.5, 0.6) is 0 Å². The van der Waals surface area contributed by atoms with Gasteiger partial charge in [-0.15, -0.1) is 0 Å². The molecule has 7 aromatic carbocycles. The fraction of sp³-hybridized carbons (Fsp3) is 0.111. The van der Waals surface area contributed by atoms with Gasteiger partial charge in [-0.05, 0) is 111 Å². The van der Waals surface area contributed by atoms with E-state index in [1.54, 1.807) is 0 Å². The maximum Gasteiger partial charge on any atom is 0.135 e. The molecule has 2 aliphatic rings. The summed E-state index contributed by atoms with van der Waals surface area (Å²) in [5, 5.41) is 7.69. The van der Waals surface area contributed by atoms with Crippen LogP contribution < -0.4 is 0 Å². The SMILES string of the molecule is CC1(C)c2ccccc2-c2c1c1c(c3cc4c(cc23)Cc2ccccc2C4)c2ccccc2n1-c1ccc2oc3ccccc3c2c1. The minimum absolute atomic E-state index is 0.181. The minimum Gasteiger partial charge on any atom is -0.456 e. The van der Waals surface area contributed by atoms with Crippen LogP contribution in [0.2, 0.25) is 0 Å². The molecule has 2 aromatic heterocycles. The number of hydrogen-bond donors (Lipinski definition) is 0. The molecule has 2 nitrogen and oxygen atoms in total. The van der Waals surface area contributed by atoms with Crippen molar-refractivity contribution < 1.29 is 4.42 Å². The van der Waals surface area contributed by atoms with E-state index in [0.29, 0.717) is 0 Å². The lowest BCUT2D eigenvalue weighted by atomic mass is 9.79. The van der Waals surface area contributed by atoms with Gasteiger partial charge in [-0.25, -0.2) is 0 Å². The molecule has 2 aliphatic carbocycles. The van der Waals surface area contributed by atoms with E-state index in [1.807, 2.05) is 6.07 Å². The summed E-state index contributed by atoms with van der Waals surface area (Å²) in [5.41, 5.74) is 16.8. The van der Waals surface area contributed by atoms with Gasteiger partial charge in [-0.1, -0.05) is 98.8 Å². The topological polar surface area (TPSA) is 18.1 Å². The van der Waals surface area contributed by atoms with Crippen molar-refractivity contribution in [3.05, 3.63) is 161 Å². The fourth-order valence-electron chi connectivity index (χ4n) is 9.14. The minimum atomic E-state index is -0.181. The number of furan rings is 1. The monoisotopic (exact) mass is 601 g/mol. The molecule has 9 aromatic rings. The van der Waals surface area contributed by atoms with Crippen molar-refractivity contribution in [2.75, 3.05) is 0 Å². The Hall–Kier alpha value is -5.60. The number of para-hydroxylation sites is 2. The maximum atomic E-state index is 6.28. The van der Waals surface area contributed by atoms with Gasteiger partial charge in [0.25, 0.3) is 0 Å². The van der Waals surface area contributed by atoms with E-state index in [9.17, 15) is 0 Å². The molecular weight excluding hydrogens is 571 g/mol. The molecule has 0 saturated carbocycles. The highest BCUT2D eigenvalue weighted by molar-refractivity contribution is 6.27. The van der Waals surface area contributed by atoms with Crippen LogP contribution in [0.4, 0.5) is 0 Å². The number of fused-ring (bicyclic) bond motifs is 15. The maximum absolute atomic E-state index is 6.28. The van der Waals surface area contributed by atoms with Crippen LogP contribution in [0, 0.1) is 0 Å². The van der Waals surface area contributed by atoms with E-state index < -0.39 is 0 Å². The Morgan fingerprint density at radius 3 is 2.04 bits per heavy atom. The number of benzene rings is 7.